The van der Waals surface area contributed by atoms with E-state index in [-0.39, 0.29) is 10.8 Å². The molecule has 2 amide bonds. The van der Waals surface area contributed by atoms with Gasteiger partial charge in [0, 0.05) is 16.8 Å². The lowest BCUT2D eigenvalue weighted by molar-refractivity contribution is -0.118. The summed E-state index contributed by atoms with van der Waals surface area (Å²) in [6.07, 6.45) is 2.36. The van der Waals surface area contributed by atoms with Crippen LogP contribution in [0.4, 0.5) is 5.69 Å². The zero-order valence-electron chi connectivity index (χ0n) is 18.1. The van der Waals surface area contributed by atoms with E-state index >= 15 is 0 Å². The minimum atomic E-state index is -3.74. The van der Waals surface area contributed by atoms with Gasteiger partial charge in [0.2, 0.25) is 15.9 Å². The molecule has 0 spiro atoms. The van der Waals surface area contributed by atoms with E-state index in [1.54, 1.807) is 68.9 Å². The smallest absolute Gasteiger partial charge is 0.251 e. The first-order valence-corrected chi connectivity index (χ1v) is 12.7. The fourth-order valence-electron chi connectivity index (χ4n) is 2.77. The molecule has 0 aromatic heterocycles. The molecule has 0 saturated heterocycles. The molecule has 0 saturated carbocycles. The molecular weight excluding hydrogens is 434 g/mol. The summed E-state index contributed by atoms with van der Waals surface area (Å²) in [6, 6.07) is 13.9. The third kappa shape index (κ3) is 8.01. The highest BCUT2D eigenvalue weighted by molar-refractivity contribution is 7.98. The van der Waals surface area contributed by atoms with Gasteiger partial charge >= 0.3 is 0 Å². The molecular formula is C22H29N3O4S2. The number of hydrogen-bond acceptors (Lipinski definition) is 5. The molecule has 0 bridgehead atoms. The molecule has 2 aromatic carbocycles. The maximum atomic E-state index is 12.9. The Kier molecular flexibility index (Phi) is 8.67. The van der Waals surface area contributed by atoms with Crippen LogP contribution in [0.25, 0.3) is 0 Å². The molecule has 0 aliphatic rings. The van der Waals surface area contributed by atoms with Crippen molar-refractivity contribution in [1.29, 1.82) is 0 Å². The second kappa shape index (κ2) is 10.8. The summed E-state index contributed by atoms with van der Waals surface area (Å²) in [4.78, 5) is 25.4. The molecule has 1 atom stereocenters. The van der Waals surface area contributed by atoms with Gasteiger partial charge in [0.25, 0.3) is 5.91 Å². The second-order valence-corrected chi connectivity index (χ2v) is 10.7. The number of thioether (sulfide) groups is 1. The van der Waals surface area contributed by atoms with Crippen molar-refractivity contribution in [2.45, 2.75) is 43.7 Å². The Morgan fingerprint density at radius 2 is 1.71 bits per heavy atom. The molecule has 0 radical (unpaired) electrons. The Hall–Kier alpha value is -2.36. The molecule has 168 valence electrons. The van der Waals surface area contributed by atoms with E-state index < -0.39 is 27.5 Å². The number of rotatable bonds is 9. The van der Waals surface area contributed by atoms with Gasteiger partial charge in [-0.2, -0.15) is 11.8 Å². The van der Waals surface area contributed by atoms with Crippen molar-refractivity contribution in [2.24, 2.45) is 0 Å². The quantitative estimate of drug-likeness (QED) is 0.530. The maximum Gasteiger partial charge on any atom is 0.251 e. The van der Waals surface area contributed by atoms with Crippen molar-refractivity contribution in [3.05, 3.63) is 60.2 Å². The van der Waals surface area contributed by atoms with Crippen molar-refractivity contribution in [2.75, 3.05) is 17.3 Å². The first-order valence-electron chi connectivity index (χ1n) is 9.81. The van der Waals surface area contributed by atoms with Crippen molar-refractivity contribution in [3.63, 3.8) is 0 Å². The molecule has 0 aliphatic carbocycles. The zero-order valence-corrected chi connectivity index (χ0v) is 19.8. The SMILES string of the molecule is CSCCC(NC(=O)c1ccccc1)C(=O)Nc1cccc(S(=O)(=O)NC(C)(C)C)c1. The standard InChI is InChI=1S/C22H29N3O4S2/c1-22(2,3)25-31(28,29)18-12-8-11-17(15-18)23-21(27)19(13-14-30-4)24-20(26)16-9-6-5-7-10-16/h5-12,15,19,25H,13-14H2,1-4H3,(H,23,27)(H,24,26). The van der Waals surface area contributed by atoms with Crippen LogP contribution < -0.4 is 15.4 Å². The fraction of sp³-hybridized carbons (Fsp3) is 0.364. The van der Waals surface area contributed by atoms with Crippen LogP contribution in [0, 0.1) is 0 Å². The van der Waals surface area contributed by atoms with Crippen LogP contribution in [-0.2, 0) is 14.8 Å². The number of amides is 2. The molecule has 0 heterocycles. The summed E-state index contributed by atoms with van der Waals surface area (Å²) >= 11 is 1.57. The molecule has 31 heavy (non-hydrogen) atoms. The summed E-state index contributed by atoms with van der Waals surface area (Å²) in [5.74, 6) is -0.0684. The van der Waals surface area contributed by atoms with Crippen LogP contribution in [0.5, 0.6) is 0 Å². The summed E-state index contributed by atoms with van der Waals surface area (Å²) in [6.45, 7) is 5.26. The van der Waals surface area contributed by atoms with Crippen LogP contribution in [0.3, 0.4) is 0 Å². The van der Waals surface area contributed by atoms with E-state index in [0.29, 0.717) is 23.4 Å². The van der Waals surface area contributed by atoms with Crippen LogP contribution in [0.15, 0.2) is 59.5 Å². The van der Waals surface area contributed by atoms with E-state index in [0.717, 1.165) is 0 Å². The number of benzene rings is 2. The third-order valence-electron chi connectivity index (χ3n) is 4.12. The van der Waals surface area contributed by atoms with Gasteiger partial charge in [0.1, 0.15) is 6.04 Å². The summed E-state index contributed by atoms with van der Waals surface area (Å²) in [7, 11) is -3.74. The molecule has 2 rings (SSSR count). The van der Waals surface area contributed by atoms with E-state index in [4.69, 9.17) is 0 Å². The van der Waals surface area contributed by atoms with Gasteiger partial charge < -0.3 is 10.6 Å². The number of carbonyl (C=O) groups excluding carboxylic acids is 2. The van der Waals surface area contributed by atoms with Crippen LogP contribution in [-0.4, -0.2) is 43.8 Å². The van der Waals surface area contributed by atoms with Crippen LogP contribution >= 0.6 is 11.8 Å². The van der Waals surface area contributed by atoms with E-state index in [1.165, 1.54) is 12.1 Å². The molecule has 0 fully saturated rings. The molecule has 2 aromatic rings. The van der Waals surface area contributed by atoms with Gasteiger partial charge in [-0.05, 0) is 69.5 Å². The average Bonchev–Trinajstić information content (AvgIpc) is 2.70. The highest BCUT2D eigenvalue weighted by atomic mass is 32.2. The van der Waals surface area contributed by atoms with Gasteiger partial charge in [-0.3, -0.25) is 9.59 Å². The number of sulfonamides is 1. The summed E-state index contributed by atoms with van der Waals surface area (Å²) < 4.78 is 27.7. The lowest BCUT2D eigenvalue weighted by atomic mass is 10.1. The molecule has 7 nitrogen and oxygen atoms in total. The predicted octanol–water partition coefficient (Wildman–Crippen LogP) is 3.25. The van der Waals surface area contributed by atoms with E-state index in [1.807, 2.05) is 12.3 Å². The van der Waals surface area contributed by atoms with Crippen molar-refractivity contribution >= 4 is 39.3 Å². The second-order valence-electron chi connectivity index (χ2n) is 8.05. The predicted molar refractivity (Wildman–Crippen MR) is 126 cm³/mol. The molecule has 1 unspecified atom stereocenters. The van der Waals surface area contributed by atoms with Gasteiger partial charge in [0.05, 0.1) is 4.90 Å². The Morgan fingerprint density at radius 1 is 1.03 bits per heavy atom. The minimum Gasteiger partial charge on any atom is -0.340 e. The topological polar surface area (TPSA) is 104 Å². The number of hydrogen-bond donors (Lipinski definition) is 3. The molecule has 3 N–H and O–H groups in total. The largest absolute Gasteiger partial charge is 0.340 e. The Labute approximate surface area is 188 Å². The van der Waals surface area contributed by atoms with Crippen LogP contribution in [0.2, 0.25) is 0 Å². The van der Waals surface area contributed by atoms with Crippen molar-refractivity contribution in [3.8, 4) is 0 Å². The highest BCUT2D eigenvalue weighted by Crippen LogP contribution is 2.18. The van der Waals surface area contributed by atoms with Crippen molar-refractivity contribution in [1.82, 2.24) is 10.0 Å². The number of carbonyl (C=O) groups is 2. The van der Waals surface area contributed by atoms with Gasteiger partial charge in [-0.15, -0.1) is 0 Å². The lowest BCUT2D eigenvalue weighted by Crippen LogP contribution is -2.44. The van der Waals surface area contributed by atoms with E-state index in [2.05, 4.69) is 15.4 Å². The highest BCUT2D eigenvalue weighted by Gasteiger charge is 2.24. The summed E-state index contributed by atoms with van der Waals surface area (Å²) in [5, 5.41) is 5.50. The maximum absolute atomic E-state index is 12.9. The van der Waals surface area contributed by atoms with Gasteiger partial charge in [-0.1, -0.05) is 24.3 Å². The Bertz CT molecular complexity index is 1000. The van der Waals surface area contributed by atoms with E-state index in [9.17, 15) is 18.0 Å². The Balaban J connectivity index is 2.17. The number of nitrogens with one attached hydrogen (secondary N) is 3. The number of anilines is 1. The lowest BCUT2D eigenvalue weighted by Gasteiger charge is -2.21. The summed E-state index contributed by atoms with van der Waals surface area (Å²) in [5.41, 5.74) is 0.165. The average molecular weight is 464 g/mol. The first-order chi connectivity index (χ1) is 14.5. The Morgan fingerprint density at radius 3 is 2.32 bits per heavy atom. The van der Waals surface area contributed by atoms with Crippen LogP contribution in [0.1, 0.15) is 37.6 Å². The van der Waals surface area contributed by atoms with Crippen molar-refractivity contribution < 1.29 is 18.0 Å². The van der Waals surface area contributed by atoms with Gasteiger partial charge in [0.15, 0.2) is 0 Å². The van der Waals surface area contributed by atoms with Gasteiger partial charge in [-0.25, -0.2) is 13.1 Å². The monoisotopic (exact) mass is 463 g/mol. The molecule has 0 aliphatic heterocycles. The zero-order chi connectivity index (χ0) is 23.1. The molecule has 9 heteroatoms. The minimum absolute atomic E-state index is 0.0502. The third-order valence-corrected chi connectivity index (χ3v) is 6.52. The normalized spacial score (nSPS) is 12.8. The first kappa shape index (κ1) is 24.9. The fourth-order valence-corrected chi connectivity index (χ4v) is 4.70.